The van der Waals surface area contributed by atoms with E-state index in [1.807, 2.05) is 0 Å². The largest absolute Gasteiger partial charge is 0.424 e. The number of rotatable bonds is 2. The molecule has 0 fully saturated rings. The van der Waals surface area contributed by atoms with Crippen molar-refractivity contribution in [3.05, 3.63) is 44.9 Å². The molecule has 2 aromatic rings. The van der Waals surface area contributed by atoms with E-state index in [0.29, 0.717) is 5.89 Å². The summed E-state index contributed by atoms with van der Waals surface area (Å²) < 4.78 is 7.45. The van der Waals surface area contributed by atoms with E-state index < -0.39 is 5.69 Å². The zero-order valence-electron chi connectivity index (χ0n) is 8.88. The summed E-state index contributed by atoms with van der Waals surface area (Å²) in [5, 5.41) is 7.35. The van der Waals surface area contributed by atoms with Crippen LogP contribution in [0.1, 0.15) is 11.8 Å². The Morgan fingerprint density at radius 2 is 2.12 bits per heavy atom. The smallest absolute Gasteiger partial charge is 0.331 e. The molecule has 0 unspecified atom stereocenters. The minimum atomic E-state index is -0.414. The monoisotopic (exact) mass is 222 g/mol. The molecule has 0 aromatic carbocycles. The fourth-order valence-electron chi connectivity index (χ4n) is 1.30. The van der Waals surface area contributed by atoms with Gasteiger partial charge in [0.1, 0.15) is 6.54 Å². The molecule has 7 heteroatoms. The van der Waals surface area contributed by atoms with Gasteiger partial charge in [0.25, 0.3) is 5.56 Å². The van der Waals surface area contributed by atoms with Crippen LogP contribution in [0.15, 0.2) is 26.3 Å². The van der Waals surface area contributed by atoms with E-state index in [4.69, 9.17) is 4.42 Å². The average Bonchev–Trinajstić information content (AvgIpc) is 2.65. The van der Waals surface area contributed by atoms with Crippen LogP contribution in [-0.4, -0.2) is 19.3 Å². The Balaban J connectivity index is 2.46. The van der Waals surface area contributed by atoms with Crippen molar-refractivity contribution in [3.63, 3.8) is 0 Å². The van der Waals surface area contributed by atoms with Crippen LogP contribution in [0, 0.1) is 6.92 Å². The minimum absolute atomic E-state index is 0.00676. The fraction of sp³-hybridized carbons (Fsp3) is 0.333. The van der Waals surface area contributed by atoms with Crippen LogP contribution in [0.3, 0.4) is 0 Å². The van der Waals surface area contributed by atoms with Crippen LogP contribution in [0.4, 0.5) is 0 Å². The Bertz CT molecular complexity index is 622. The molecule has 0 aliphatic carbocycles. The van der Waals surface area contributed by atoms with Crippen molar-refractivity contribution in [2.45, 2.75) is 13.5 Å². The van der Waals surface area contributed by atoms with Crippen LogP contribution in [0.25, 0.3) is 0 Å². The molecule has 2 rings (SSSR count). The molecular formula is C9H10N4O3. The summed E-state index contributed by atoms with van der Waals surface area (Å²) >= 11 is 0. The van der Waals surface area contributed by atoms with Crippen molar-refractivity contribution in [2.24, 2.45) is 7.05 Å². The second kappa shape index (κ2) is 3.76. The van der Waals surface area contributed by atoms with Gasteiger partial charge in [0.15, 0.2) is 0 Å². The van der Waals surface area contributed by atoms with Crippen molar-refractivity contribution < 1.29 is 4.42 Å². The van der Waals surface area contributed by atoms with E-state index in [0.717, 1.165) is 4.57 Å². The van der Waals surface area contributed by atoms with Crippen LogP contribution in [0.2, 0.25) is 0 Å². The topological polar surface area (TPSA) is 82.9 Å². The van der Waals surface area contributed by atoms with Gasteiger partial charge >= 0.3 is 5.69 Å². The Hall–Kier alpha value is -2.18. The molecule has 0 atom stereocenters. The number of nitrogens with zero attached hydrogens (tertiary/aromatic N) is 4. The van der Waals surface area contributed by atoms with Gasteiger partial charge in [-0.1, -0.05) is 0 Å². The normalized spacial score (nSPS) is 10.6. The highest BCUT2D eigenvalue weighted by atomic mass is 16.4. The lowest BCUT2D eigenvalue weighted by molar-refractivity contribution is 0.443. The highest BCUT2D eigenvalue weighted by molar-refractivity contribution is 4.89. The average molecular weight is 222 g/mol. The van der Waals surface area contributed by atoms with E-state index in [2.05, 4.69) is 10.2 Å². The van der Waals surface area contributed by atoms with E-state index in [9.17, 15) is 9.59 Å². The molecule has 2 aromatic heterocycles. The lowest BCUT2D eigenvalue weighted by atomic mass is 10.5. The van der Waals surface area contributed by atoms with Crippen LogP contribution >= 0.6 is 0 Å². The summed E-state index contributed by atoms with van der Waals surface area (Å²) in [4.78, 5) is 23.1. The summed E-state index contributed by atoms with van der Waals surface area (Å²) in [6, 6.07) is 1.31. The first kappa shape index (κ1) is 10.3. The SMILES string of the molecule is Cc1nnc(Cn2c(=O)ccn(C)c2=O)o1. The molecular weight excluding hydrogens is 212 g/mol. The zero-order chi connectivity index (χ0) is 11.7. The molecule has 0 spiro atoms. The molecule has 2 heterocycles. The Labute approximate surface area is 90.0 Å². The molecule has 84 valence electrons. The summed E-state index contributed by atoms with van der Waals surface area (Å²) in [5.74, 6) is 0.638. The van der Waals surface area contributed by atoms with Crippen molar-refractivity contribution in [1.82, 2.24) is 19.3 Å². The van der Waals surface area contributed by atoms with Gasteiger partial charge in [-0.15, -0.1) is 10.2 Å². The van der Waals surface area contributed by atoms with E-state index >= 15 is 0 Å². The van der Waals surface area contributed by atoms with Crippen LogP contribution in [-0.2, 0) is 13.6 Å². The van der Waals surface area contributed by atoms with Gasteiger partial charge < -0.3 is 8.98 Å². The molecule has 0 saturated carbocycles. The molecule has 0 N–H and O–H groups in total. The molecule has 7 nitrogen and oxygen atoms in total. The predicted octanol–water partition coefficient (Wildman–Crippen LogP) is -0.713. The molecule has 0 aliphatic rings. The van der Waals surface area contributed by atoms with Gasteiger partial charge in [0, 0.05) is 26.2 Å². The number of hydrogen-bond donors (Lipinski definition) is 0. The maximum Gasteiger partial charge on any atom is 0.331 e. The predicted molar refractivity (Wildman–Crippen MR) is 54.1 cm³/mol. The third-order valence-electron chi connectivity index (χ3n) is 2.10. The van der Waals surface area contributed by atoms with Gasteiger partial charge in [0.05, 0.1) is 0 Å². The first-order valence-corrected chi connectivity index (χ1v) is 4.63. The lowest BCUT2D eigenvalue weighted by Crippen LogP contribution is -2.38. The van der Waals surface area contributed by atoms with Gasteiger partial charge in [-0.2, -0.15) is 0 Å². The number of hydrogen-bond acceptors (Lipinski definition) is 5. The summed E-state index contributed by atoms with van der Waals surface area (Å²) in [7, 11) is 1.57. The summed E-state index contributed by atoms with van der Waals surface area (Å²) in [5.41, 5.74) is -0.803. The molecule has 16 heavy (non-hydrogen) atoms. The van der Waals surface area contributed by atoms with E-state index in [-0.39, 0.29) is 18.0 Å². The third kappa shape index (κ3) is 1.79. The quantitative estimate of drug-likeness (QED) is 0.670. The highest BCUT2D eigenvalue weighted by Crippen LogP contribution is 1.97. The van der Waals surface area contributed by atoms with Gasteiger partial charge in [-0.25, -0.2) is 4.79 Å². The molecule has 0 bridgehead atoms. The highest BCUT2D eigenvalue weighted by Gasteiger charge is 2.08. The zero-order valence-corrected chi connectivity index (χ0v) is 8.88. The van der Waals surface area contributed by atoms with Crippen molar-refractivity contribution >= 4 is 0 Å². The number of aryl methyl sites for hydroxylation is 2. The maximum absolute atomic E-state index is 11.6. The maximum atomic E-state index is 11.6. The Morgan fingerprint density at radius 3 is 2.75 bits per heavy atom. The first-order valence-electron chi connectivity index (χ1n) is 4.63. The van der Waals surface area contributed by atoms with E-state index in [1.165, 1.54) is 16.8 Å². The standard InChI is InChI=1S/C9H10N4O3/c1-6-10-11-7(16-6)5-13-8(14)3-4-12(2)9(13)15/h3-4H,5H2,1-2H3. The molecule has 0 radical (unpaired) electrons. The summed E-state index contributed by atoms with van der Waals surface area (Å²) in [6.07, 6.45) is 1.42. The Kier molecular flexibility index (Phi) is 2.43. The van der Waals surface area contributed by atoms with Crippen molar-refractivity contribution in [1.29, 1.82) is 0 Å². The second-order valence-corrected chi connectivity index (χ2v) is 3.35. The first-order chi connectivity index (χ1) is 7.58. The van der Waals surface area contributed by atoms with Crippen molar-refractivity contribution in [2.75, 3.05) is 0 Å². The molecule has 0 aliphatic heterocycles. The van der Waals surface area contributed by atoms with Gasteiger partial charge in [-0.05, 0) is 0 Å². The minimum Gasteiger partial charge on any atom is -0.424 e. The molecule has 0 saturated heterocycles. The van der Waals surface area contributed by atoms with Crippen LogP contribution < -0.4 is 11.2 Å². The van der Waals surface area contributed by atoms with E-state index in [1.54, 1.807) is 14.0 Å². The fourth-order valence-corrected chi connectivity index (χ4v) is 1.30. The number of aromatic nitrogens is 4. The van der Waals surface area contributed by atoms with Crippen molar-refractivity contribution in [3.8, 4) is 0 Å². The molecule has 0 amide bonds. The summed E-state index contributed by atoms with van der Waals surface area (Å²) in [6.45, 7) is 1.63. The second-order valence-electron chi connectivity index (χ2n) is 3.35. The van der Waals surface area contributed by atoms with Gasteiger partial charge in [-0.3, -0.25) is 9.36 Å². The van der Waals surface area contributed by atoms with Gasteiger partial charge in [0.2, 0.25) is 11.8 Å². The Morgan fingerprint density at radius 1 is 1.38 bits per heavy atom. The third-order valence-corrected chi connectivity index (χ3v) is 2.10. The lowest BCUT2D eigenvalue weighted by Gasteiger charge is -2.02. The van der Waals surface area contributed by atoms with Crippen LogP contribution in [0.5, 0.6) is 0 Å².